The molecule has 0 bridgehead atoms. The molecular weight excluding hydrogens is 184 g/mol. The van der Waals surface area contributed by atoms with Crippen molar-refractivity contribution in [2.45, 2.75) is 19.1 Å². The number of nitrogens with two attached hydrogens (primary N) is 1. The average Bonchev–Trinajstić information content (AvgIpc) is 2.16. The summed E-state index contributed by atoms with van der Waals surface area (Å²) in [4.78, 5) is 14.6. The van der Waals surface area contributed by atoms with E-state index < -0.39 is 18.1 Å². The maximum Gasteiger partial charge on any atom is 0.336 e. The third kappa shape index (κ3) is 2.07. The zero-order valence-electron chi connectivity index (χ0n) is 7.71. The van der Waals surface area contributed by atoms with E-state index in [1.54, 1.807) is 0 Å². The van der Waals surface area contributed by atoms with Crippen LogP contribution in [0.1, 0.15) is 28.9 Å². The summed E-state index contributed by atoms with van der Waals surface area (Å²) in [6.45, 7) is 1.50. The summed E-state index contributed by atoms with van der Waals surface area (Å²) < 4.78 is 0. The van der Waals surface area contributed by atoms with Crippen molar-refractivity contribution in [2.24, 2.45) is 5.73 Å². The number of pyridine rings is 1. The number of rotatable bonds is 3. The Labute approximate surface area is 81.2 Å². The van der Waals surface area contributed by atoms with Gasteiger partial charge in [-0.2, -0.15) is 0 Å². The van der Waals surface area contributed by atoms with Gasteiger partial charge >= 0.3 is 5.97 Å². The van der Waals surface area contributed by atoms with Crippen LogP contribution in [0, 0.1) is 0 Å². The summed E-state index contributed by atoms with van der Waals surface area (Å²) in [6.07, 6.45) is 1.93. The fraction of sp³-hybridized carbons (Fsp3) is 0.333. The Balaban J connectivity index is 3.13. The van der Waals surface area contributed by atoms with Crippen molar-refractivity contribution in [3.05, 3.63) is 29.6 Å². The van der Waals surface area contributed by atoms with Crippen LogP contribution in [0.3, 0.4) is 0 Å². The van der Waals surface area contributed by atoms with Crippen molar-refractivity contribution < 1.29 is 15.0 Å². The topological polar surface area (TPSA) is 96.4 Å². The molecule has 1 heterocycles. The fourth-order valence-corrected chi connectivity index (χ4v) is 1.13. The van der Waals surface area contributed by atoms with Crippen LogP contribution in [0.25, 0.3) is 0 Å². The number of aromatic carboxylic acids is 1. The summed E-state index contributed by atoms with van der Waals surface area (Å²) >= 11 is 0. The van der Waals surface area contributed by atoms with Crippen LogP contribution in [-0.4, -0.2) is 27.3 Å². The molecule has 76 valence electrons. The molecule has 1 rings (SSSR count). The van der Waals surface area contributed by atoms with Crippen LogP contribution in [0.5, 0.6) is 0 Å². The summed E-state index contributed by atoms with van der Waals surface area (Å²) in [5.74, 6) is -1.07. The minimum absolute atomic E-state index is 0.0772. The molecule has 0 aliphatic rings. The maximum atomic E-state index is 10.8. The van der Waals surface area contributed by atoms with E-state index in [-0.39, 0.29) is 5.56 Å². The van der Waals surface area contributed by atoms with Crippen molar-refractivity contribution >= 4 is 5.97 Å². The highest BCUT2D eigenvalue weighted by molar-refractivity contribution is 5.89. The number of carboxylic acid groups (broad SMARTS) is 1. The summed E-state index contributed by atoms with van der Waals surface area (Å²) in [6, 6.07) is 0.634. The van der Waals surface area contributed by atoms with Crippen LogP contribution in [0.4, 0.5) is 0 Å². The van der Waals surface area contributed by atoms with E-state index in [1.807, 2.05) is 0 Å². The van der Waals surface area contributed by atoms with E-state index in [0.717, 1.165) is 0 Å². The molecule has 1 aromatic heterocycles. The van der Waals surface area contributed by atoms with E-state index in [4.69, 9.17) is 10.8 Å². The highest BCUT2D eigenvalue weighted by Crippen LogP contribution is 2.17. The molecule has 0 spiro atoms. The molecule has 0 aliphatic carbocycles. The normalized spacial score (nSPS) is 14.8. The molecule has 14 heavy (non-hydrogen) atoms. The highest BCUT2D eigenvalue weighted by atomic mass is 16.4. The molecule has 1 aromatic rings. The molecule has 0 amide bonds. The minimum Gasteiger partial charge on any atom is -0.478 e. The summed E-state index contributed by atoms with van der Waals surface area (Å²) in [5, 5.41) is 18.1. The first kappa shape index (κ1) is 10.6. The number of carbonyl (C=O) groups is 1. The van der Waals surface area contributed by atoms with Gasteiger partial charge in [-0.15, -0.1) is 0 Å². The van der Waals surface area contributed by atoms with Gasteiger partial charge in [-0.1, -0.05) is 0 Å². The summed E-state index contributed by atoms with van der Waals surface area (Å²) in [7, 11) is 0. The third-order valence-corrected chi connectivity index (χ3v) is 1.96. The van der Waals surface area contributed by atoms with E-state index >= 15 is 0 Å². The lowest BCUT2D eigenvalue weighted by atomic mass is 10.0. The maximum absolute atomic E-state index is 10.8. The van der Waals surface area contributed by atoms with Gasteiger partial charge in [0, 0.05) is 18.0 Å². The van der Waals surface area contributed by atoms with Crippen molar-refractivity contribution in [1.82, 2.24) is 4.98 Å². The second-order valence-electron chi connectivity index (χ2n) is 3.03. The Morgan fingerprint density at radius 1 is 1.64 bits per heavy atom. The zero-order valence-corrected chi connectivity index (χ0v) is 7.71. The lowest BCUT2D eigenvalue weighted by Crippen LogP contribution is -2.25. The number of aliphatic hydroxyl groups excluding tert-OH is 1. The lowest BCUT2D eigenvalue weighted by molar-refractivity contribution is 0.0693. The van der Waals surface area contributed by atoms with Gasteiger partial charge in [-0.3, -0.25) is 4.98 Å². The molecule has 0 saturated heterocycles. The second kappa shape index (κ2) is 4.17. The molecule has 5 heteroatoms. The van der Waals surface area contributed by atoms with Gasteiger partial charge < -0.3 is 15.9 Å². The molecule has 0 fully saturated rings. The predicted molar refractivity (Wildman–Crippen MR) is 49.8 cm³/mol. The average molecular weight is 196 g/mol. The molecule has 0 radical (unpaired) electrons. The van der Waals surface area contributed by atoms with Gasteiger partial charge in [0.2, 0.25) is 0 Å². The van der Waals surface area contributed by atoms with Crippen LogP contribution < -0.4 is 5.73 Å². The number of nitrogens with zero attached hydrogens (tertiary/aromatic N) is 1. The van der Waals surface area contributed by atoms with Crippen molar-refractivity contribution in [2.75, 3.05) is 0 Å². The Morgan fingerprint density at radius 3 is 2.79 bits per heavy atom. The van der Waals surface area contributed by atoms with Gasteiger partial charge in [-0.25, -0.2) is 4.79 Å². The second-order valence-corrected chi connectivity index (χ2v) is 3.03. The van der Waals surface area contributed by atoms with Crippen LogP contribution >= 0.6 is 0 Å². The number of carboxylic acids is 1. The quantitative estimate of drug-likeness (QED) is 0.639. The van der Waals surface area contributed by atoms with Gasteiger partial charge in [0.1, 0.15) is 0 Å². The van der Waals surface area contributed by atoms with Crippen molar-refractivity contribution in [1.29, 1.82) is 0 Å². The first-order valence-corrected chi connectivity index (χ1v) is 4.15. The molecule has 0 aliphatic heterocycles. The lowest BCUT2D eigenvalue weighted by Gasteiger charge is -2.16. The van der Waals surface area contributed by atoms with Crippen LogP contribution in [-0.2, 0) is 0 Å². The molecular formula is C9H12N2O3. The van der Waals surface area contributed by atoms with Crippen molar-refractivity contribution in [3.8, 4) is 0 Å². The molecule has 2 atom stereocenters. The zero-order chi connectivity index (χ0) is 10.7. The van der Waals surface area contributed by atoms with Gasteiger partial charge in [0.15, 0.2) is 0 Å². The Morgan fingerprint density at radius 2 is 2.29 bits per heavy atom. The third-order valence-electron chi connectivity index (χ3n) is 1.96. The molecule has 0 aromatic carbocycles. The number of hydrogen-bond acceptors (Lipinski definition) is 4. The van der Waals surface area contributed by atoms with E-state index in [0.29, 0.717) is 5.56 Å². The highest BCUT2D eigenvalue weighted by Gasteiger charge is 2.19. The fourth-order valence-electron chi connectivity index (χ4n) is 1.13. The monoisotopic (exact) mass is 196 g/mol. The van der Waals surface area contributed by atoms with Gasteiger partial charge in [-0.05, 0) is 13.0 Å². The van der Waals surface area contributed by atoms with E-state index in [1.165, 1.54) is 25.4 Å². The number of aromatic nitrogens is 1. The van der Waals surface area contributed by atoms with Crippen LogP contribution in [0.15, 0.2) is 18.5 Å². The number of hydrogen-bond donors (Lipinski definition) is 3. The standard InChI is InChI=1S/C9H12N2O3/c1-5(12)8(10)7-4-11-3-2-6(7)9(13)14/h2-5,8,12H,10H2,1H3,(H,13,14)/t5-,8+/m1/s1. The van der Waals surface area contributed by atoms with E-state index in [9.17, 15) is 9.90 Å². The Hall–Kier alpha value is -1.46. The molecule has 5 nitrogen and oxygen atoms in total. The predicted octanol–water partition coefficient (Wildman–Crippen LogP) is 0.160. The smallest absolute Gasteiger partial charge is 0.336 e. The Kier molecular flexibility index (Phi) is 3.16. The first-order chi connectivity index (χ1) is 6.54. The SMILES string of the molecule is C[C@@H](O)[C@H](N)c1cnccc1C(=O)O. The molecule has 0 unspecified atom stereocenters. The van der Waals surface area contributed by atoms with Gasteiger partial charge in [0.05, 0.1) is 17.7 Å². The molecule has 0 saturated carbocycles. The number of aliphatic hydroxyl groups is 1. The van der Waals surface area contributed by atoms with Crippen molar-refractivity contribution in [3.63, 3.8) is 0 Å². The minimum atomic E-state index is -1.07. The van der Waals surface area contributed by atoms with Gasteiger partial charge in [0.25, 0.3) is 0 Å². The molecule has 4 N–H and O–H groups in total. The van der Waals surface area contributed by atoms with E-state index in [2.05, 4.69) is 4.98 Å². The first-order valence-electron chi connectivity index (χ1n) is 4.15. The summed E-state index contributed by atoms with van der Waals surface area (Å²) in [5.41, 5.74) is 6.04. The largest absolute Gasteiger partial charge is 0.478 e. The Bertz CT molecular complexity index is 339. The van der Waals surface area contributed by atoms with Crippen LogP contribution in [0.2, 0.25) is 0 Å².